The molecular weight excluding hydrogens is 508 g/mol. The van der Waals surface area contributed by atoms with Gasteiger partial charge in [0.25, 0.3) is 15.9 Å². The number of nitrogens with two attached hydrogens (primary N) is 1. The molecule has 3 aromatic rings. The van der Waals surface area contributed by atoms with Gasteiger partial charge in [-0.2, -0.15) is 0 Å². The first-order valence-electron chi connectivity index (χ1n) is 9.64. The molecule has 3 rings (SSSR count). The van der Waals surface area contributed by atoms with Gasteiger partial charge in [-0.15, -0.1) is 11.3 Å². The summed E-state index contributed by atoms with van der Waals surface area (Å²) in [5.74, 6) is -3.02. The second-order valence-electron chi connectivity index (χ2n) is 6.95. The number of hydrogen-bond donors (Lipinski definition) is 2. The van der Waals surface area contributed by atoms with E-state index in [-0.39, 0.29) is 27.6 Å². The number of benzene rings is 2. The maximum absolute atomic E-state index is 14.9. The Morgan fingerprint density at radius 2 is 1.87 bits per heavy atom. The minimum Gasteiger partial charge on any atom is -0.330 e. The van der Waals surface area contributed by atoms with Gasteiger partial charge in [0.2, 0.25) is 0 Å². The predicted octanol–water partition coefficient (Wildman–Crippen LogP) is 5.98. The number of alkyl halides is 2. The van der Waals surface area contributed by atoms with E-state index < -0.39 is 15.9 Å². The molecule has 3 N–H and O–H groups in total. The average Bonchev–Trinajstić information content (AvgIpc) is 3.19. The fourth-order valence-electron chi connectivity index (χ4n) is 3.08. The lowest BCUT2D eigenvalue weighted by atomic mass is 9.96. The molecule has 0 bridgehead atoms. The highest BCUT2D eigenvalue weighted by molar-refractivity contribution is 9.10. The van der Waals surface area contributed by atoms with Gasteiger partial charge in [0.15, 0.2) is 5.13 Å². The second-order valence-corrected chi connectivity index (χ2v) is 10.4. The smallest absolute Gasteiger partial charge is 0.273 e. The molecule has 0 saturated carbocycles. The van der Waals surface area contributed by atoms with Crippen molar-refractivity contribution in [1.29, 1.82) is 0 Å². The van der Waals surface area contributed by atoms with Gasteiger partial charge in [0.1, 0.15) is 0 Å². The lowest BCUT2D eigenvalue weighted by Gasteiger charge is -2.19. The van der Waals surface area contributed by atoms with Crippen molar-refractivity contribution in [3.63, 3.8) is 0 Å². The molecule has 0 fully saturated rings. The van der Waals surface area contributed by atoms with Gasteiger partial charge in [-0.05, 0) is 37.6 Å². The fourth-order valence-corrected chi connectivity index (χ4v) is 5.64. The van der Waals surface area contributed by atoms with Crippen molar-refractivity contribution < 1.29 is 17.2 Å². The molecule has 0 unspecified atom stereocenters. The van der Waals surface area contributed by atoms with Gasteiger partial charge < -0.3 is 5.73 Å². The van der Waals surface area contributed by atoms with E-state index in [1.165, 1.54) is 18.2 Å². The van der Waals surface area contributed by atoms with Crippen LogP contribution in [0.1, 0.15) is 31.2 Å². The van der Waals surface area contributed by atoms with Crippen molar-refractivity contribution in [3.8, 4) is 11.3 Å². The zero-order valence-electron chi connectivity index (χ0n) is 16.5. The van der Waals surface area contributed by atoms with Crippen molar-refractivity contribution in [1.82, 2.24) is 4.98 Å². The molecule has 1 aromatic heterocycles. The van der Waals surface area contributed by atoms with Crippen LogP contribution in [0.2, 0.25) is 0 Å². The summed E-state index contributed by atoms with van der Waals surface area (Å²) in [6, 6.07) is 12.4. The van der Waals surface area contributed by atoms with E-state index in [1.54, 1.807) is 35.7 Å². The van der Waals surface area contributed by atoms with Crippen LogP contribution in [0.5, 0.6) is 0 Å². The summed E-state index contributed by atoms with van der Waals surface area (Å²) in [7, 11) is -3.85. The first-order valence-corrected chi connectivity index (χ1v) is 12.8. The lowest BCUT2D eigenvalue weighted by Crippen LogP contribution is -2.15. The Balaban J connectivity index is 1.83. The van der Waals surface area contributed by atoms with E-state index in [9.17, 15) is 17.2 Å². The van der Waals surface area contributed by atoms with Crippen LogP contribution in [0.3, 0.4) is 0 Å². The largest absolute Gasteiger partial charge is 0.330 e. The van der Waals surface area contributed by atoms with E-state index in [0.29, 0.717) is 36.0 Å². The van der Waals surface area contributed by atoms with Crippen LogP contribution in [-0.4, -0.2) is 19.9 Å². The van der Waals surface area contributed by atoms with Crippen LogP contribution in [0.15, 0.2) is 63.3 Å². The van der Waals surface area contributed by atoms with Gasteiger partial charge >= 0.3 is 0 Å². The average molecular weight is 530 g/mol. The standard InChI is InChI=1S/C21H22BrF2N3O2S2/c22-15-7-6-8-16(13-15)31(28,29)27-20-26-19(14-30-20)17-9-2-3-10-18(17)21(23,24)11-4-1-5-12-25/h2-3,6-10,13-14H,1,4-5,11-12,25H2,(H,26,27). The normalized spacial score (nSPS) is 12.1. The van der Waals surface area contributed by atoms with E-state index in [0.717, 1.165) is 11.3 Å². The predicted molar refractivity (Wildman–Crippen MR) is 124 cm³/mol. The molecule has 0 aliphatic rings. The van der Waals surface area contributed by atoms with Gasteiger partial charge in [-0.25, -0.2) is 22.2 Å². The number of hydrogen-bond acceptors (Lipinski definition) is 5. The SMILES string of the molecule is NCCCCCC(F)(F)c1ccccc1-c1csc(NS(=O)(=O)c2cccc(Br)c2)n1. The first kappa shape index (κ1) is 23.8. The number of aromatic nitrogens is 1. The second kappa shape index (κ2) is 10.2. The van der Waals surface area contributed by atoms with Crippen molar-refractivity contribution in [2.24, 2.45) is 5.73 Å². The maximum Gasteiger partial charge on any atom is 0.273 e. The Morgan fingerprint density at radius 3 is 2.61 bits per heavy atom. The van der Waals surface area contributed by atoms with E-state index in [1.807, 2.05) is 0 Å². The summed E-state index contributed by atoms with van der Waals surface area (Å²) >= 11 is 4.29. The molecule has 0 spiro atoms. The van der Waals surface area contributed by atoms with E-state index in [4.69, 9.17) is 5.73 Å². The molecule has 31 heavy (non-hydrogen) atoms. The molecule has 0 amide bonds. The Morgan fingerprint density at radius 1 is 1.10 bits per heavy atom. The third-order valence-corrected chi connectivity index (χ3v) is 7.34. The minimum absolute atomic E-state index is 0.0723. The summed E-state index contributed by atoms with van der Waals surface area (Å²) in [6.45, 7) is 0.486. The quantitative estimate of drug-likeness (QED) is 0.316. The molecule has 0 radical (unpaired) electrons. The highest BCUT2D eigenvalue weighted by Crippen LogP contribution is 2.40. The lowest BCUT2D eigenvalue weighted by molar-refractivity contribution is -0.0152. The fraction of sp³-hybridized carbons (Fsp3) is 0.286. The topological polar surface area (TPSA) is 85.1 Å². The number of halogens is 3. The maximum atomic E-state index is 14.9. The zero-order chi connectivity index (χ0) is 22.5. The van der Waals surface area contributed by atoms with Crippen molar-refractivity contribution >= 4 is 42.4 Å². The van der Waals surface area contributed by atoms with E-state index >= 15 is 0 Å². The molecular formula is C21H22BrF2N3O2S2. The molecule has 0 aliphatic carbocycles. The summed E-state index contributed by atoms with van der Waals surface area (Å²) in [6.07, 6.45) is 1.45. The van der Waals surface area contributed by atoms with E-state index in [2.05, 4.69) is 25.6 Å². The molecule has 0 aliphatic heterocycles. The van der Waals surface area contributed by atoms with Crippen LogP contribution in [0.25, 0.3) is 11.3 Å². The molecule has 1 heterocycles. The Hall–Kier alpha value is -1.88. The third kappa shape index (κ3) is 6.09. The monoisotopic (exact) mass is 529 g/mol. The molecule has 2 aromatic carbocycles. The summed E-state index contributed by atoms with van der Waals surface area (Å²) in [5.41, 5.74) is 5.91. The number of anilines is 1. The van der Waals surface area contributed by atoms with Crippen LogP contribution >= 0.6 is 27.3 Å². The number of unbranched alkanes of at least 4 members (excludes halogenated alkanes) is 2. The van der Waals surface area contributed by atoms with Crippen LogP contribution < -0.4 is 10.5 Å². The van der Waals surface area contributed by atoms with Crippen LogP contribution in [0.4, 0.5) is 13.9 Å². The Bertz CT molecular complexity index is 1140. The van der Waals surface area contributed by atoms with Crippen molar-refractivity contribution in [3.05, 3.63) is 63.9 Å². The number of nitrogens with one attached hydrogen (secondary N) is 1. The van der Waals surface area contributed by atoms with Gasteiger partial charge in [-0.3, -0.25) is 4.72 Å². The van der Waals surface area contributed by atoms with Crippen LogP contribution in [-0.2, 0) is 15.9 Å². The molecule has 0 atom stereocenters. The van der Waals surface area contributed by atoms with Crippen molar-refractivity contribution in [2.75, 3.05) is 11.3 Å². The minimum atomic E-state index is -3.85. The number of thiazole rings is 1. The Labute approximate surface area is 192 Å². The molecule has 5 nitrogen and oxygen atoms in total. The van der Waals surface area contributed by atoms with Gasteiger partial charge in [0.05, 0.1) is 10.6 Å². The molecule has 166 valence electrons. The summed E-state index contributed by atoms with van der Waals surface area (Å²) in [4.78, 5) is 4.34. The molecule has 0 saturated heterocycles. The summed E-state index contributed by atoms with van der Waals surface area (Å²) < 4.78 is 58.0. The number of sulfonamides is 1. The third-order valence-electron chi connectivity index (χ3n) is 4.62. The number of rotatable bonds is 10. The summed E-state index contributed by atoms with van der Waals surface area (Å²) in [5, 5.41) is 1.68. The van der Waals surface area contributed by atoms with Gasteiger partial charge in [-0.1, -0.05) is 52.7 Å². The van der Waals surface area contributed by atoms with Gasteiger partial charge in [0, 0.05) is 27.4 Å². The molecule has 10 heteroatoms. The highest BCUT2D eigenvalue weighted by Gasteiger charge is 2.33. The Kier molecular flexibility index (Phi) is 7.79. The number of nitrogens with zero attached hydrogens (tertiary/aromatic N) is 1. The van der Waals surface area contributed by atoms with Crippen LogP contribution in [0, 0.1) is 0 Å². The van der Waals surface area contributed by atoms with Crippen molar-refractivity contribution in [2.45, 2.75) is 36.5 Å². The first-order chi connectivity index (χ1) is 14.7. The highest BCUT2D eigenvalue weighted by atomic mass is 79.9. The zero-order valence-corrected chi connectivity index (χ0v) is 19.7.